The first-order chi connectivity index (χ1) is 17.6. The molecule has 0 bridgehead atoms. The molecule has 8 heteroatoms. The smallest absolute Gasteiger partial charge is 0.409 e. The molecule has 0 aromatic heterocycles. The van der Waals surface area contributed by atoms with Crippen LogP contribution in [0.25, 0.3) is 0 Å². The summed E-state index contributed by atoms with van der Waals surface area (Å²) in [7, 11) is 0. The third-order valence-electron chi connectivity index (χ3n) is 6.86. The number of ketones is 1. The average molecular weight is 508 g/mol. The third kappa shape index (κ3) is 6.76. The van der Waals surface area contributed by atoms with Gasteiger partial charge < -0.3 is 15.3 Å². The van der Waals surface area contributed by atoms with E-state index >= 15 is 0 Å². The molecule has 1 aliphatic heterocycles. The number of nitrogens with one attached hydrogen (secondary N) is 1. The molecule has 3 atom stereocenters. The SMILES string of the molecule is CCCC[C@@H](C(=O)C(=O)NC(C)c1ccccc1)N(C(=O)O)[C@@H]1CC(C)(C)CN1C(=O)c1ccccc1. The van der Waals surface area contributed by atoms with Gasteiger partial charge in [-0.1, -0.05) is 82.1 Å². The fourth-order valence-electron chi connectivity index (χ4n) is 4.94. The highest BCUT2D eigenvalue weighted by atomic mass is 16.4. The maximum Gasteiger partial charge on any atom is 0.409 e. The van der Waals surface area contributed by atoms with Gasteiger partial charge in [0.2, 0.25) is 5.78 Å². The molecular formula is C29H37N3O5. The van der Waals surface area contributed by atoms with Gasteiger partial charge in [0.1, 0.15) is 12.2 Å². The number of hydrogen-bond acceptors (Lipinski definition) is 4. The number of carboxylic acid groups (broad SMARTS) is 1. The molecule has 0 aliphatic carbocycles. The minimum atomic E-state index is -1.33. The van der Waals surface area contributed by atoms with Crippen LogP contribution in [0.4, 0.5) is 4.79 Å². The number of unbranched alkanes of at least 4 members (excludes halogenated alkanes) is 1. The Hall–Kier alpha value is -3.68. The summed E-state index contributed by atoms with van der Waals surface area (Å²) in [5.74, 6) is -1.94. The number of amides is 3. The zero-order chi connectivity index (χ0) is 27.2. The van der Waals surface area contributed by atoms with Crippen LogP contribution in [0, 0.1) is 5.41 Å². The largest absolute Gasteiger partial charge is 0.465 e. The number of hydrogen-bond donors (Lipinski definition) is 2. The van der Waals surface area contributed by atoms with Gasteiger partial charge in [-0.15, -0.1) is 0 Å². The molecule has 1 fully saturated rings. The zero-order valence-corrected chi connectivity index (χ0v) is 22.0. The Morgan fingerprint density at radius 1 is 1.05 bits per heavy atom. The Morgan fingerprint density at radius 2 is 1.65 bits per heavy atom. The van der Waals surface area contributed by atoms with Crippen LogP contribution in [0.3, 0.4) is 0 Å². The van der Waals surface area contributed by atoms with Crippen LogP contribution in [-0.2, 0) is 9.59 Å². The number of Topliss-reactive ketones (excluding diaryl/α,β-unsaturated/α-hetero) is 1. The van der Waals surface area contributed by atoms with Gasteiger partial charge in [-0.25, -0.2) is 4.79 Å². The maximum atomic E-state index is 13.5. The molecule has 2 aromatic rings. The van der Waals surface area contributed by atoms with Crippen LogP contribution in [0.1, 0.15) is 75.3 Å². The number of carbonyl (C=O) groups excluding carboxylic acids is 3. The van der Waals surface area contributed by atoms with Crippen molar-refractivity contribution < 1.29 is 24.3 Å². The van der Waals surface area contributed by atoms with Crippen molar-refractivity contribution in [1.82, 2.24) is 15.1 Å². The van der Waals surface area contributed by atoms with Crippen LogP contribution in [0.5, 0.6) is 0 Å². The second-order valence-corrected chi connectivity index (χ2v) is 10.5. The minimum Gasteiger partial charge on any atom is -0.465 e. The van der Waals surface area contributed by atoms with Gasteiger partial charge in [-0.3, -0.25) is 19.3 Å². The molecule has 1 heterocycles. The van der Waals surface area contributed by atoms with Gasteiger partial charge in [0.25, 0.3) is 11.8 Å². The van der Waals surface area contributed by atoms with E-state index in [1.54, 1.807) is 37.3 Å². The summed E-state index contributed by atoms with van der Waals surface area (Å²) in [6, 6.07) is 16.3. The van der Waals surface area contributed by atoms with E-state index in [1.807, 2.05) is 51.1 Å². The summed E-state index contributed by atoms with van der Waals surface area (Å²) < 4.78 is 0. The monoisotopic (exact) mass is 507 g/mol. The van der Waals surface area contributed by atoms with E-state index < -0.39 is 36.0 Å². The molecule has 0 radical (unpaired) electrons. The van der Waals surface area contributed by atoms with Gasteiger partial charge >= 0.3 is 6.09 Å². The second kappa shape index (κ2) is 12.0. The Kier molecular flexibility index (Phi) is 9.08. The number of nitrogens with zero attached hydrogens (tertiary/aromatic N) is 2. The molecule has 3 amide bonds. The van der Waals surface area contributed by atoms with Gasteiger partial charge in [0.05, 0.1) is 6.04 Å². The highest BCUT2D eigenvalue weighted by molar-refractivity contribution is 6.38. The molecule has 3 rings (SSSR count). The standard InChI is InChI=1S/C29H37N3O5/c1-5-6-17-23(25(33)26(34)30-20(2)21-13-9-7-10-14-21)32(28(36)37)24-18-29(3,4)19-31(24)27(35)22-15-11-8-12-16-22/h7-16,20,23-24H,5-6,17-19H2,1-4H3,(H,30,34)(H,36,37)/t20?,23-,24+/m0/s1. The lowest BCUT2D eigenvalue weighted by atomic mass is 9.91. The van der Waals surface area contributed by atoms with Gasteiger partial charge in [-0.05, 0) is 42.9 Å². The summed E-state index contributed by atoms with van der Waals surface area (Å²) in [5.41, 5.74) is 0.910. The molecular weight excluding hydrogens is 470 g/mol. The third-order valence-corrected chi connectivity index (χ3v) is 6.86. The van der Waals surface area contributed by atoms with Crippen molar-refractivity contribution >= 4 is 23.7 Å². The Bertz CT molecular complexity index is 1100. The van der Waals surface area contributed by atoms with Crippen LogP contribution >= 0.6 is 0 Å². The predicted octanol–water partition coefficient (Wildman–Crippen LogP) is 4.87. The van der Waals surface area contributed by atoms with Crippen molar-refractivity contribution in [3.05, 3.63) is 71.8 Å². The van der Waals surface area contributed by atoms with Crippen molar-refractivity contribution in [2.24, 2.45) is 5.41 Å². The first kappa shape index (κ1) is 27.9. The summed E-state index contributed by atoms with van der Waals surface area (Å²) >= 11 is 0. The van der Waals surface area contributed by atoms with E-state index in [2.05, 4.69) is 5.32 Å². The second-order valence-electron chi connectivity index (χ2n) is 10.5. The molecule has 1 unspecified atom stereocenters. The first-order valence-corrected chi connectivity index (χ1v) is 12.8. The summed E-state index contributed by atoms with van der Waals surface area (Å²) in [4.78, 5) is 55.3. The van der Waals surface area contributed by atoms with Gasteiger partial charge in [0, 0.05) is 12.1 Å². The van der Waals surface area contributed by atoms with Gasteiger partial charge in [-0.2, -0.15) is 0 Å². The van der Waals surface area contributed by atoms with E-state index in [0.717, 1.165) is 16.9 Å². The van der Waals surface area contributed by atoms with Crippen molar-refractivity contribution in [2.45, 2.75) is 71.6 Å². The lowest BCUT2D eigenvalue weighted by Crippen LogP contribution is -2.58. The number of likely N-dealkylation sites (tertiary alicyclic amines) is 1. The van der Waals surface area contributed by atoms with E-state index in [4.69, 9.17) is 0 Å². The van der Waals surface area contributed by atoms with Crippen molar-refractivity contribution in [3.8, 4) is 0 Å². The number of benzene rings is 2. The highest BCUT2D eigenvalue weighted by Crippen LogP contribution is 2.38. The Labute approximate surface area is 218 Å². The van der Waals surface area contributed by atoms with Crippen molar-refractivity contribution in [2.75, 3.05) is 6.54 Å². The summed E-state index contributed by atoms with van der Waals surface area (Å²) in [6.07, 6.45) is -0.362. The minimum absolute atomic E-state index is 0.194. The molecule has 0 saturated carbocycles. The van der Waals surface area contributed by atoms with Crippen LogP contribution in [0.15, 0.2) is 60.7 Å². The highest BCUT2D eigenvalue weighted by Gasteiger charge is 2.48. The molecule has 8 nitrogen and oxygen atoms in total. The quantitative estimate of drug-likeness (QED) is 0.446. The molecule has 198 valence electrons. The predicted molar refractivity (Wildman–Crippen MR) is 141 cm³/mol. The molecule has 0 spiro atoms. The number of carbonyl (C=O) groups is 4. The van der Waals surface area contributed by atoms with Crippen LogP contribution in [0.2, 0.25) is 0 Å². The fourth-order valence-corrected chi connectivity index (χ4v) is 4.94. The lowest BCUT2D eigenvalue weighted by molar-refractivity contribution is -0.142. The lowest BCUT2D eigenvalue weighted by Gasteiger charge is -2.37. The Morgan fingerprint density at radius 3 is 2.22 bits per heavy atom. The molecule has 2 aromatic carbocycles. The zero-order valence-electron chi connectivity index (χ0n) is 22.0. The topological polar surface area (TPSA) is 107 Å². The molecule has 1 saturated heterocycles. The normalized spacial score (nSPS) is 18.1. The Balaban J connectivity index is 1.92. The molecule has 1 aliphatic rings. The van der Waals surface area contributed by atoms with Crippen molar-refractivity contribution in [1.29, 1.82) is 0 Å². The summed E-state index contributed by atoms with van der Waals surface area (Å²) in [6.45, 7) is 7.98. The summed E-state index contributed by atoms with van der Waals surface area (Å²) in [5, 5.41) is 13.1. The van der Waals surface area contributed by atoms with Crippen LogP contribution < -0.4 is 5.32 Å². The van der Waals surface area contributed by atoms with E-state index in [1.165, 1.54) is 4.90 Å². The number of rotatable bonds is 10. The van der Waals surface area contributed by atoms with E-state index in [9.17, 15) is 24.3 Å². The fraction of sp³-hybridized carbons (Fsp3) is 0.448. The molecule has 2 N–H and O–H groups in total. The van der Waals surface area contributed by atoms with Crippen molar-refractivity contribution in [3.63, 3.8) is 0 Å². The van der Waals surface area contributed by atoms with Crippen LogP contribution in [-0.4, -0.2) is 57.3 Å². The maximum absolute atomic E-state index is 13.5. The molecule has 37 heavy (non-hydrogen) atoms. The average Bonchev–Trinajstić information content (AvgIpc) is 3.20. The first-order valence-electron chi connectivity index (χ1n) is 12.8. The van der Waals surface area contributed by atoms with E-state index in [-0.39, 0.29) is 17.7 Å². The van der Waals surface area contributed by atoms with Gasteiger partial charge in [0.15, 0.2) is 0 Å². The van der Waals surface area contributed by atoms with E-state index in [0.29, 0.717) is 24.9 Å².